The number of nitrogens with zero attached hydrogens (tertiary/aromatic N) is 2. The van der Waals surface area contributed by atoms with Gasteiger partial charge >= 0.3 is 0 Å². The van der Waals surface area contributed by atoms with Crippen molar-refractivity contribution in [1.82, 2.24) is 10.2 Å². The minimum Gasteiger partial charge on any atom is -0.492 e. The molecule has 0 aromatic heterocycles. The first-order valence-corrected chi connectivity index (χ1v) is 15.5. The number of nitrogens with one attached hydrogen (secondary N) is 1. The Hall–Kier alpha value is -3.56. The third-order valence-electron chi connectivity index (χ3n) is 6.41. The van der Waals surface area contributed by atoms with Crippen LogP contribution in [0.4, 0.5) is 5.69 Å². The van der Waals surface area contributed by atoms with E-state index in [0.717, 1.165) is 4.31 Å². The standard InChI is InChI=1S/C31H38ClN3O5S/c1-5-27(31(37)33-20-23(3)4)34(21-24-14-10-11-17-26(24)32)30(36)22-35(28-18-12-13-19-29(28)40-6-2)41(38,39)25-15-8-7-9-16-25/h7-19,23,27H,5-6,20-22H2,1-4H3,(H,33,37)/t27-/m1/s1. The number of hydrogen-bond donors (Lipinski definition) is 1. The van der Waals surface area contributed by atoms with Gasteiger partial charge in [-0.3, -0.25) is 13.9 Å². The summed E-state index contributed by atoms with van der Waals surface area (Å²) in [5, 5.41) is 3.36. The van der Waals surface area contributed by atoms with Crippen molar-refractivity contribution in [3.8, 4) is 5.75 Å². The number of ether oxygens (including phenoxy) is 1. The molecule has 3 aromatic rings. The molecule has 0 heterocycles. The fraction of sp³-hybridized carbons (Fsp3) is 0.355. The summed E-state index contributed by atoms with van der Waals surface area (Å²) in [7, 11) is -4.20. The Balaban J connectivity index is 2.09. The van der Waals surface area contributed by atoms with Gasteiger partial charge < -0.3 is 15.0 Å². The van der Waals surface area contributed by atoms with Crippen LogP contribution in [-0.4, -0.2) is 50.9 Å². The summed E-state index contributed by atoms with van der Waals surface area (Å²) in [6, 6.07) is 20.8. The first kappa shape index (κ1) is 32.0. The van der Waals surface area contributed by atoms with Crippen molar-refractivity contribution >= 4 is 39.1 Å². The van der Waals surface area contributed by atoms with Gasteiger partial charge in [0.1, 0.15) is 18.3 Å². The summed E-state index contributed by atoms with van der Waals surface area (Å²) < 4.78 is 34.8. The number of anilines is 1. The fourth-order valence-corrected chi connectivity index (χ4v) is 5.97. The van der Waals surface area contributed by atoms with Gasteiger partial charge in [0, 0.05) is 18.1 Å². The highest BCUT2D eigenvalue weighted by atomic mass is 35.5. The van der Waals surface area contributed by atoms with E-state index in [-0.39, 0.29) is 29.0 Å². The minimum atomic E-state index is -4.20. The molecular weight excluding hydrogens is 562 g/mol. The first-order valence-electron chi connectivity index (χ1n) is 13.7. The van der Waals surface area contributed by atoms with Crippen LogP contribution in [0, 0.1) is 5.92 Å². The van der Waals surface area contributed by atoms with Gasteiger partial charge in [-0.15, -0.1) is 0 Å². The van der Waals surface area contributed by atoms with Gasteiger partial charge in [0.25, 0.3) is 10.0 Å². The highest BCUT2D eigenvalue weighted by Gasteiger charge is 2.35. The van der Waals surface area contributed by atoms with Gasteiger partial charge in [-0.1, -0.05) is 80.9 Å². The van der Waals surface area contributed by atoms with Gasteiger partial charge in [-0.2, -0.15) is 0 Å². The maximum Gasteiger partial charge on any atom is 0.264 e. The molecule has 0 saturated heterocycles. The predicted molar refractivity (Wildman–Crippen MR) is 163 cm³/mol. The number of sulfonamides is 1. The molecule has 2 amide bonds. The van der Waals surface area contributed by atoms with E-state index in [1.54, 1.807) is 73.7 Å². The fourth-order valence-electron chi connectivity index (χ4n) is 4.33. The van der Waals surface area contributed by atoms with Crippen molar-refractivity contribution in [3.05, 3.63) is 89.4 Å². The number of hydrogen-bond acceptors (Lipinski definition) is 5. The van der Waals surface area contributed by atoms with Crippen molar-refractivity contribution in [1.29, 1.82) is 0 Å². The average molecular weight is 600 g/mol. The summed E-state index contributed by atoms with van der Waals surface area (Å²) in [6.07, 6.45) is 0.321. The zero-order valence-corrected chi connectivity index (χ0v) is 25.5. The Morgan fingerprint density at radius 2 is 1.56 bits per heavy atom. The van der Waals surface area contributed by atoms with Crippen LogP contribution < -0.4 is 14.4 Å². The van der Waals surface area contributed by atoms with Crippen LogP contribution in [0.1, 0.15) is 39.7 Å². The lowest BCUT2D eigenvalue weighted by molar-refractivity contribution is -0.140. The zero-order valence-electron chi connectivity index (χ0n) is 23.9. The van der Waals surface area contributed by atoms with Crippen LogP contribution in [0.3, 0.4) is 0 Å². The number of benzene rings is 3. The molecule has 1 N–H and O–H groups in total. The summed E-state index contributed by atoms with van der Waals surface area (Å²) >= 11 is 6.45. The van der Waals surface area contributed by atoms with E-state index in [2.05, 4.69) is 5.32 Å². The molecule has 0 saturated carbocycles. The Morgan fingerprint density at radius 1 is 0.927 bits per heavy atom. The molecular formula is C31H38ClN3O5S. The van der Waals surface area contributed by atoms with Crippen molar-refractivity contribution < 1.29 is 22.7 Å². The normalized spacial score (nSPS) is 12.0. The number of rotatable bonds is 14. The van der Waals surface area contributed by atoms with Crippen molar-refractivity contribution in [2.45, 2.75) is 51.6 Å². The van der Waals surface area contributed by atoms with Gasteiger partial charge in [-0.25, -0.2) is 8.42 Å². The molecule has 0 fully saturated rings. The predicted octanol–water partition coefficient (Wildman–Crippen LogP) is 5.51. The van der Waals surface area contributed by atoms with Crippen molar-refractivity contribution in [2.24, 2.45) is 5.92 Å². The number of carbonyl (C=O) groups is 2. The van der Waals surface area contributed by atoms with Crippen molar-refractivity contribution in [3.63, 3.8) is 0 Å². The maximum atomic E-state index is 14.2. The lowest BCUT2D eigenvalue weighted by Crippen LogP contribution is -2.52. The molecule has 0 aliphatic carbocycles. The second-order valence-corrected chi connectivity index (χ2v) is 12.2. The molecule has 0 aliphatic rings. The quantitative estimate of drug-likeness (QED) is 0.263. The molecule has 3 rings (SSSR count). The third-order valence-corrected chi connectivity index (χ3v) is 8.56. The monoisotopic (exact) mass is 599 g/mol. The second-order valence-electron chi connectivity index (χ2n) is 9.90. The summed E-state index contributed by atoms with van der Waals surface area (Å²) in [4.78, 5) is 28.9. The Bertz CT molecular complexity index is 1420. The summed E-state index contributed by atoms with van der Waals surface area (Å²) in [5.41, 5.74) is 0.867. The zero-order chi connectivity index (χ0) is 30.0. The molecule has 1 atom stereocenters. The lowest BCUT2D eigenvalue weighted by atomic mass is 10.1. The van der Waals surface area contributed by atoms with Crippen LogP contribution >= 0.6 is 11.6 Å². The largest absolute Gasteiger partial charge is 0.492 e. The summed E-state index contributed by atoms with van der Waals surface area (Å²) in [6.45, 7) is 7.79. The Kier molecular flexibility index (Phi) is 11.6. The Labute approximate surface area is 248 Å². The molecule has 10 heteroatoms. The molecule has 220 valence electrons. The highest BCUT2D eigenvalue weighted by Crippen LogP contribution is 2.33. The third kappa shape index (κ3) is 8.24. The molecule has 0 bridgehead atoms. The van der Waals surface area contributed by atoms with E-state index in [9.17, 15) is 18.0 Å². The SMILES string of the molecule is CCOc1ccccc1N(CC(=O)N(Cc1ccccc1Cl)[C@H](CC)C(=O)NCC(C)C)S(=O)(=O)c1ccccc1. The first-order chi connectivity index (χ1) is 19.6. The molecule has 0 unspecified atom stereocenters. The number of carbonyl (C=O) groups excluding carboxylic acids is 2. The molecule has 0 radical (unpaired) electrons. The smallest absolute Gasteiger partial charge is 0.264 e. The minimum absolute atomic E-state index is 0.0262. The van der Waals surface area contributed by atoms with E-state index >= 15 is 0 Å². The second kappa shape index (κ2) is 14.9. The van der Waals surface area contributed by atoms with Crippen LogP contribution in [-0.2, 0) is 26.2 Å². The molecule has 0 spiro atoms. The van der Waals surface area contributed by atoms with E-state index in [0.29, 0.717) is 35.9 Å². The lowest BCUT2D eigenvalue weighted by Gasteiger charge is -2.33. The van der Waals surface area contributed by atoms with Gasteiger partial charge in [0.2, 0.25) is 11.8 Å². The molecule has 3 aromatic carbocycles. The van der Waals surface area contributed by atoms with E-state index in [4.69, 9.17) is 16.3 Å². The van der Waals surface area contributed by atoms with Crippen LogP contribution in [0.5, 0.6) is 5.75 Å². The van der Waals surface area contributed by atoms with Crippen LogP contribution in [0.2, 0.25) is 5.02 Å². The van der Waals surface area contributed by atoms with E-state index in [1.165, 1.54) is 17.0 Å². The van der Waals surface area contributed by atoms with Crippen LogP contribution in [0.25, 0.3) is 0 Å². The van der Waals surface area contributed by atoms with Gasteiger partial charge in [0.15, 0.2) is 0 Å². The molecule has 41 heavy (non-hydrogen) atoms. The number of amides is 2. The van der Waals surface area contributed by atoms with Gasteiger partial charge in [-0.05, 0) is 55.2 Å². The average Bonchev–Trinajstić information content (AvgIpc) is 2.96. The van der Waals surface area contributed by atoms with Gasteiger partial charge in [0.05, 0.1) is 17.2 Å². The topological polar surface area (TPSA) is 96.0 Å². The Morgan fingerprint density at radius 3 is 2.20 bits per heavy atom. The summed E-state index contributed by atoms with van der Waals surface area (Å²) in [5.74, 6) is -0.330. The van der Waals surface area contributed by atoms with Crippen LogP contribution in [0.15, 0.2) is 83.8 Å². The number of halogens is 1. The molecule has 8 nitrogen and oxygen atoms in total. The molecule has 0 aliphatic heterocycles. The van der Waals surface area contributed by atoms with E-state index in [1.807, 2.05) is 20.8 Å². The number of para-hydroxylation sites is 2. The maximum absolute atomic E-state index is 14.2. The highest BCUT2D eigenvalue weighted by molar-refractivity contribution is 7.92. The van der Waals surface area contributed by atoms with E-state index < -0.39 is 28.5 Å². The van der Waals surface area contributed by atoms with Crippen molar-refractivity contribution in [2.75, 3.05) is 24.0 Å².